The van der Waals surface area contributed by atoms with E-state index in [1.165, 1.54) is 4.52 Å². The molecule has 0 aliphatic carbocycles. The third kappa shape index (κ3) is 6.36. The number of amides is 1. The molecule has 4 N–H and O–H groups in total. The molecule has 12 heteroatoms. The third-order valence-electron chi connectivity index (χ3n) is 9.58. The van der Waals surface area contributed by atoms with E-state index in [2.05, 4.69) is 42.6 Å². The molecule has 12 nitrogen and oxygen atoms in total. The predicted octanol–water partition coefficient (Wildman–Crippen LogP) is 3.47. The molecular weight excluding hydrogens is 628 g/mol. The Kier molecular flexibility index (Phi) is 9.17. The summed E-state index contributed by atoms with van der Waals surface area (Å²) in [5, 5.41) is 16.4. The molecule has 0 bridgehead atoms. The van der Waals surface area contributed by atoms with Crippen LogP contribution in [0, 0.1) is 11.8 Å². The van der Waals surface area contributed by atoms with Crippen LogP contribution in [-0.2, 0) is 13.5 Å². The van der Waals surface area contributed by atoms with Gasteiger partial charge in [0.15, 0.2) is 11.5 Å². The molecule has 7 rings (SSSR count). The molecule has 1 fully saturated rings. The van der Waals surface area contributed by atoms with Crippen molar-refractivity contribution in [3.63, 3.8) is 0 Å². The van der Waals surface area contributed by atoms with E-state index < -0.39 is 11.9 Å². The molecule has 2 aromatic carbocycles. The number of pyridine rings is 1. The molecule has 1 atom stereocenters. The summed E-state index contributed by atoms with van der Waals surface area (Å²) in [5.74, 6) is 6.28. The number of nitrogens with zero attached hydrogens (tertiary/aromatic N) is 7. The fourth-order valence-electron chi connectivity index (χ4n) is 6.82. The van der Waals surface area contributed by atoms with Gasteiger partial charge < -0.3 is 21.3 Å². The van der Waals surface area contributed by atoms with Gasteiger partial charge in [-0.15, -0.1) is 5.10 Å². The Labute approximate surface area is 289 Å². The number of nitrogens with two attached hydrogens (primary N) is 1. The van der Waals surface area contributed by atoms with Gasteiger partial charge in [-0.1, -0.05) is 42.2 Å². The van der Waals surface area contributed by atoms with Crippen molar-refractivity contribution in [2.75, 3.05) is 32.4 Å². The average Bonchev–Trinajstić information content (AvgIpc) is 3.67. The number of hydrogen-bond donors (Lipinski definition) is 3. The minimum Gasteiger partial charge on any atom is -0.381 e. The van der Waals surface area contributed by atoms with Crippen LogP contribution in [0.1, 0.15) is 58.7 Å². The van der Waals surface area contributed by atoms with E-state index in [1.54, 1.807) is 29.2 Å². The van der Waals surface area contributed by atoms with Gasteiger partial charge in [-0.3, -0.25) is 18.8 Å². The van der Waals surface area contributed by atoms with Gasteiger partial charge in [0, 0.05) is 55.4 Å². The fraction of sp³-hybridized carbons (Fsp3) is 0.289. The van der Waals surface area contributed by atoms with Gasteiger partial charge in [-0.05, 0) is 75.6 Å². The van der Waals surface area contributed by atoms with Crippen molar-refractivity contribution in [1.82, 2.24) is 44.5 Å². The highest BCUT2D eigenvalue weighted by molar-refractivity contribution is 6.04. The van der Waals surface area contributed by atoms with Crippen molar-refractivity contribution in [3.05, 3.63) is 118 Å². The molecule has 1 aliphatic heterocycles. The topological polar surface area (TPSA) is 140 Å². The number of nitrogen functional groups attached to an aromatic ring is 1. The first kappa shape index (κ1) is 32.8. The number of anilines is 1. The lowest BCUT2D eigenvalue weighted by Gasteiger charge is -2.31. The molecule has 50 heavy (non-hydrogen) atoms. The number of para-hydroxylation sites is 1. The Morgan fingerprint density at radius 3 is 2.62 bits per heavy atom. The molecule has 0 unspecified atom stereocenters. The summed E-state index contributed by atoms with van der Waals surface area (Å²) >= 11 is 0. The van der Waals surface area contributed by atoms with Crippen LogP contribution in [-0.4, -0.2) is 72.5 Å². The van der Waals surface area contributed by atoms with Crippen molar-refractivity contribution in [3.8, 4) is 17.5 Å². The number of piperidine rings is 1. The molecular formula is C38H40N10O2. The predicted molar refractivity (Wildman–Crippen MR) is 194 cm³/mol. The van der Waals surface area contributed by atoms with Crippen molar-refractivity contribution < 1.29 is 4.79 Å². The van der Waals surface area contributed by atoms with Gasteiger partial charge in [0.25, 0.3) is 11.5 Å². The lowest BCUT2D eigenvalue weighted by Crippen LogP contribution is -2.42. The number of benzene rings is 2. The smallest absolute Gasteiger partial charge is 0.264 e. The normalized spacial score (nSPS) is 14.5. The summed E-state index contributed by atoms with van der Waals surface area (Å²) < 4.78 is 5.01. The number of likely N-dealkylation sites (tertiary alicyclic amines) is 1. The Morgan fingerprint density at radius 1 is 1.06 bits per heavy atom. The van der Waals surface area contributed by atoms with E-state index in [0.717, 1.165) is 55.5 Å². The SMILES string of the molecule is CNC1CCN(CCc2c(C#Cc3cccc4cc([C@@H](C)NC(=O)c5c(N)nn6cccnc56)n(-c5ccccc5)c(=O)c34)cnn2C)CC1. The number of hydrogen-bond acceptors (Lipinski definition) is 8. The standard InChI is InChI=1S/C38H40N10O2/c1-25(43-37(49)34-35(39)44-47-19-8-18-41-36(34)47)32-23-27-10-7-9-26(33(27)38(50)48(32)30-11-5-4-6-12-30)13-14-28-24-42-45(3)31(28)17-22-46-20-15-29(40-2)16-21-46/h4-12,18-19,23-25,29,40H,15-17,20-22H2,1-3H3,(H2,39,44)(H,43,49)/t25-/m1/s1. The van der Waals surface area contributed by atoms with Crippen LogP contribution in [0.25, 0.3) is 22.1 Å². The Morgan fingerprint density at radius 2 is 1.84 bits per heavy atom. The summed E-state index contributed by atoms with van der Waals surface area (Å²) in [6.45, 7) is 4.93. The summed E-state index contributed by atoms with van der Waals surface area (Å²) in [5.41, 5.74) is 10.2. The molecule has 1 saturated heterocycles. The molecule has 5 heterocycles. The highest BCUT2D eigenvalue weighted by Crippen LogP contribution is 2.25. The van der Waals surface area contributed by atoms with Crippen molar-refractivity contribution >= 4 is 28.1 Å². The highest BCUT2D eigenvalue weighted by Gasteiger charge is 2.24. The zero-order valence-corrected chi connectivity index (χ0v) is 28.4. The Balaban J connectivity index is 1.23. The van der Waals surface area contributed by atoms with Crippen LogP contribution >= 0.6 is 0 Å². The van der Waals surface area contributed by atoms with Gasteiger partial charge >= 0.3 is 0 Å². The van der Waals surface area contributed by atoms with E-state index in [-0.39, 0.29) is 16.9 Å². The van der Waals surface area contributed by atoms with Gasteiger partial charge in [0.2, 0.25) is 0 Å². The van der Waals surface area contributed by atoms with E-state index in [4.69, 9.17) is 5.73 Å². The van der Waals surface area contributed by atoms with Gasteiger partial charge in [-0.2, -0.15) is 5.10 Å². The second kappa shape index (κ2) is 14.0. The largest absolute Gasteiger partial charge is 0.381 e. The van der Waals surface area contributed by atoms with E-state index >= 15 is 0 Å². The maximum absolute atomic E-state index is 14.5. The van der Waals surface area contributed by atoms with Gasteiger partial charge in [-0.25, -0.2) is 9.50 Å². The number of aromatic nitrogens is 6. The van der Waals surface area contributed by atoms with Gasteiger partial charge in [0.1, 0.15) is 5.56 Å². The van der Waals surface area contributed by atoms with Crippen LogP contribution in [0.4, 0.5) is 5.82 Å². The molecule has 1 amide bonds. The zero-order chi connectivity index (χ0) is 34.8. The molecule has 0 saturated carbocycles. The third-order valence-corrected chi connectivity index (χ3v) is 9.58. The quantitative estimate of drug-likeness (QED) is 0.210. The number of nitrogens with one attached hydrogen (secondary N) is 2. The van der Waals surface area contributed by atoms with Crippen LogP contribution in [0.15, 0.2) is 84.0 Å². The van der Waals surface area contributed by atoms with Crippen molar-refractivity contribution in [2.45, 2.75) is 38.3 Å². The summed E-state index contributed by atoms with van der Waals surface area (Å²) in [6, 6.07) is 18.7. The molecule has 0 spiro atoms. The van der Waals surface area contributed by atoms with E-state index in [0.29, 0.717) is 34.0 Å². The van der Waals surface area contributed by atoms with E-state index in [9.17, 15) is 9.59 Å². The maximum atomic E-state index is 14.5. The first-order valence-corrected chi connectivity index (χ1v) is 16.9. The second-order valence-electron chi connectivity index (χ2n) is 12.7. The minimum atomic E-state index is -0.588. The fourth-order valence-corrected chi connectivity index (χ4v) is 6.82. The number of rotatable bonds is 8. The monoisotopic (exact) mass is 668 g/mol. The molecule has 1 aliphatic rings. The molecule has 4 aromatic heterocycles. The summed E-state index contributed by atoms with van der Waals surface area (Å²) in [4.78, 5) is 34.9. The van der Waals surface area contributed by atoms with Crippen LogP contribution in [0.3, 0.4) is 0 Å². The highest BCUT2D eigenvalue weighted by atomic mass is 16.2. The zero-order valence-electron chi connectivity index (χ0n) is 28.4. The van der Waals surface area contributed by atoms with Crippen LogP contribution < -0.4 is 21.9 Å². The van der Waals surface area contributed by atoms with Crippen molar-refractivity contribution in [2.24, 2.45) is 7.05 Å². The average molecular weight is 669 g/mol. The van der Waals surface area contributed by atoms with Gasteiger partial charge in [0.05, 0.1) is 28.9 Å². The molecule has 6 aromatic rings. The van der Waals surface area contributed by atoms with Crippen LogP contribution in [0.5, 0.6) is 0 Å². The number of fused-ring (bicyclic) bond motifs is 2. The first-order valence-electron chi connectivity index (χ1n) is 16.9. The Bertz CT molecular complexity index is 2300. The summed E-state index contributed by atoms with van der Waals surface area (Å²) in [6.07, 6.45) is 8.20. The number of aryl methyl sites for hydroxylation is 1. The number of carbonyl (C=O) groups excluding carboxylic acids is 1. The lowest BCUT2D eigenvalue weighted by molar-refractivity contribution is 0.0941. The van der Waals surface area contributed by atoms with Crippen LogP contribution in [0.2, 0.25) is 0 Å². The second-order valence-corrected chi connectivity index (χ2v) is 12.7. The maximum Gasteiger partial charge on any atom is 0.264 e. The Hall–Kier alpha value is -5.77. The minimum absolute atomic E-state index is 0.0708. The number of carbonyl (C=O) groups is 1. The molecule has 254 valence electrons. The van der Waals surface area contributed by atoms with Crippen molar-refractivity contribution in [1.29, 1.82) is 0 Å². The first-order chi connectivity index (χ1) is 24.3. The summed E-state index contributed by atoms with van der Waals surface area (Å²) in [7, 11) is 3.99. The van der Waals surface area contributed by atoms with E-state index in [1.807, 2.05) is 80.3 Å². The molecule has 0 radical (unpaired) electrons. The lowest BCUT2D eigenvalue weighted by atomic mass is 10.0.